The first-order valence-electron chi connectivity index (χ1n) is 5.64. The van der Waals surface area contributed by atoms with Crippen molar-refractivity contribution in [3.8, 4) is 0 Å². The summed E-state index contributed by atoms with van der Waals surface area (Å²) in [5.74, 6) is 0. The van der Waals surface area contributed by atoms with E-state index in [1.165, 1.54) is 5.56 Å². The van der Waals surface area contributed by atoms with Crippen LogP contribution >= 0.6 is 44.1 Å². The first kappa shape index (κ1) is 14.5. The molecule has 19 heavy (non-hydrogen) atoms. The smallest absolute Gasteiger partial charge is 0.106 e. The Kier molecular flexibility index (Phi) is 4.96. The van der Waals surface area contributed by atoms with Gasteiger partial charge in [-0.25, -0.2) is 0 Å². The molecular formula is C14H12Br2N2S. The van der Waals surface area contributed by atoms with Gasteiger partial charge in [-0.3, -0.25) is 0 Å². The molecule has 0 aromatic heterocycles. The highest BCUT2D eigenvalue weighted by Gasteiger charge is 2.05. The van der Waals surface area contributed by atoms with Crippen LogP contribution in [0.5, 0.6) is 0 Å². The Morgan fingerprint density at radius 3 is 2.32 bits per heavy atom. The molecule has 0 spiro atoms. The standard InChI is InChI=1S/C14H12Br2N2S/c15-10-3-1-9(2-4-10)8-18-13-6-5-11(16)7-12(13)14(17)19/h1-7,18H,8H2,(H2,17,19). The normalized spacial score (nSPS) is 10.2. The molecule has 2 aromatic rings. The van der Waals surface area contributed by atoms with E-state index in [1.807, 2.05) is 30.3 Å². The minimum absolute atomic E-state index is 0.389. The Bertz CT molecular complexity index is 597. The number of rotatable bonds is 4. The molecular weight excluding hydrogens is 388 g/mol. The van der Waals surface area contributed by atoms with E-state index in [0.29, 0.717) is 4.99 Å². The molecule has 0 atom stereocenters. The van der Waals surface area contributed by atoms with Crippen LogP contribution in [0.3, 0.4) is 0 Å². The van der Waals surface area contributed by atoms with Gasteiger partial charge in [-0.05, 0) is 35.9 Å². The molecule has 2 aromatic carbocycles. The van der Waals surface area contributed by atoms with Gasteiger partial charge in [0, 0.05) is 26.7 Å². The molecule has 0 aliphatic carbocycles. The Balaban J connectivity index is 2.15. The Morgan fingerprint density at radius 1 is 1.05 bits per heavy atom. The van der Waals surface area contributed by atoms with Gasteiger partial charge >= 0.3 is 0 Å². The number of halogens is 2. The predicted octanol–water partition coefficient (Wildman–Crippen LogP) is 4.46. The number of benzene rings is 2. The maximum absolute atomic E-state index is 5.74. The summed E-state index contributed by atoms with van der Waals surface area (Å²) >= 11 is 11.9. The van der Waals surface area contributed by atoms with Crippen molar-refractivity contribution in [3.63, 3.8) is 0 Å². The largest absolute Gasteiger partial charge is 0.389 e. The van der Waals surface area contributed by atoms with Crippen molar-refractivity contribution >= 4 is 54.8 Å². The molecule has 0 bridgehead atoms. The lowest BCUT2D eigenvalue weighted by Crippen LogP contribution is -2.13. The van der Waals surface area contributed by atoms with Crippen molar-refractivity contribution in [2.24, 2.45) is 5.73 Å². The first-order valence-corrected chi connectivity index (χ1v) is 7.63. The van der Waals surface area contributed by atoms with Crippen LogP contribution in [0, 0.1) is 0 Å². The van der Waals surface area contributed by atoms with Crippen molar-refractivity contribution in [2.45, 2.75) is 6.54 Å². The average molecular weight is 400 g/mol. The van der Waals surface area contributed by atoms with Gasteiger partial charge in [-0.2, -0.15) is 0 Å². The highest BCUT2D eigenvalue weighted by molar-refractivity contribution is 9.10. The maximum Gasteiger partial charge on any atom is 0.106 e. The van der Waals surface area contributed by atoms with Gasteiger partial charge in [0.1, 0.15) is 4.99 Å². The quantitative estimate of drug-likeness (QED) is 0.745. The van der Waals surface area contributed by atoms with Gasteiger partial charge in [-0.15, -0.1) is 0 Å². The molecule has 0 radical (unpaired) electrons. The fourth-order valence-corrected chi connectivity index (χ4v) is 2.47. The lowest BCUT2D eigenvalue weighted by molar-refractivity contribution is 1.15. The summed E-state index contributed by atoms with van der Waals surface area (Å²) in [7, 11) is 0. The van der Waals surface area contributed by atoms with Crippen LogP contribution < -0.4 is 11.1 Å². The minimum Gasteiger partial charge on any atom is -0.389 e. The zero-order chi connectivity index (χ0) is 13.8. The van der Waals surface area contributed by atoms with Gasteiger partial charge in [0.25, 0.3) is 0 Å². The number of thiocarbonyl (C=S) groups is 1. The minimum atomic E-state index is 0.389. The van der Waals surface area contributed by atoms with Gasteiger partial charge in [0.05, 0.1) is 0 Å². The summed E-state index contributed by atoms with van der Waals surface area (Å²) in [6.45, 7) is 0.727. The molecule has 0 saturated carbocycles. The molecule has 0 saturated heterocycles. The second-order valence-electron chi connectivity index (χ2n) is 4.03. The van der Waals surface area contributed by atoms with Crippen LogP contribution in [0.2, 0.25) is 0 Å². The van der Waals surface area contributed by atoms with Crippen molar-refractivity contribution in [1.82, 2.24) is 0 Å². The van der Waals surface area contributed by atoms with Crippen LogP contribution in [0.25, 0.3) is 0 Å². The third-order valence-corrected chi connectivity index (χ3v) is 3.89. The van der Waals surface area contributed by atoms with Crippen molar-refractivity contribution in [3.05, 3.63) is 62.5 Å². The van der Waals surface area contributed by atoms with Crippen molar-refractivity contribution < 1.29 is 0 Å². The molecule has 0 fully saturated rings. The summed E-state index contributed by atoms with van der Waals surface area (Å²) in [6.07, 6.45) is 0. The van der Waals surface area contributed by atoms with Crippen molar-refractivity contribution in [2.75, 3.05) is 5.32 Å². The molecule has 98 valence electrons. The van der Waals surface area contributed by atoms with Gasteiger partial charge in [0.2, 0.25) is 0 Å². The van der Waals surface area contributed by atoms with Crippen LogP contribution in [-0.2, 0) is 6.54 Å². The lowest BCUT2D eigenvalue weighted by Gasteiger charge is -2.12. The lowest BCUT2D eigenvalue weighted by atomic mass is 10.1. The van der Waals surface area contributed by atoms with E-state index < -0.39 is 0 Å². The average Bonchev–Trinajstić information content (AvgIpc) is 2.39. The molecule has 0 aliphatic heterocycles. The van der Waals surface area contributed by atoms with Crippen molar-refractivity contribution in [1.29, 1.82) is 0 Å². The molecule has 2 nitrogen and oxygen atoms in total. The Hall–Kier alpha value is -0.910. The van der Waals surface area contributed by atoms with Gasteiger partial charge in [-0.1, -0.05) is 56.2 Å². The van der Waals surface area contributed by atoms with E-state index >= 15 is 0 Å². The zero-order valence-electron chi connectivity index (χ0n) is 9.99. The number of nitrogens with one attached hydrogen (secondary N) is 1. The number of anilines is 1. The summed E-state index contributed by atoms with van der Waals surface area (Å²) < 4.78 is 2.04. The summed E-state index contributed by atoms with van der Waals surface area (Å²) in [6, 6.07) is 14.0. The summed E-state index contributed by atoms with van der Waals surface area (Å²) in [4.78, 5) is 0.389. The summed E-state index contributed by atoms with van der Waals surface area (Å²) in [5.41, 5.74) is 8.72. The number of hydrogen-bond donors (Lipinski definition) is 2. The van der Waals surface area contributed by atoms with Crippen LogP contribution in [0.1, 0.15) is 11.1 Å². The third-order valence-electron chi connectivity index (χ3n) is 2.64. The molecule has 0 amide bonds. The molecule has 3 N–H and O–H groups in total. The fourth-order valence-electron chi connectivity index (χ4n) is 1.67. The SMILES string of the molecule is NC(=S)c1cc(Br)ccc1NCc1ccc(Br)cc1. The molecule has 0 heterocycles. The van der Waals surface area contributed by atoms with Crippen LogP contribution in [0.15, 0.2) is 51.4 Å². The zero-order valence-corrected chi connectivity index (χ0v) is 14.0. The molecule has 0 aliphatic rings. The first-order chi connectivity index (χ1) is 9.06. The van der Waals surface area contributed by atoms with E-state index in [1.54, 1.807) is 0 Å². The topological polar surface area (TPSA) is 38.0 Å². The van der Waals surface area contributed by atoms with E-state index in [-0.39, 0.29) is 0 Å². The van der Waals surface area contributed by atoms with E-state index in [0.717, 1.165) is 26.7 Å². The van der Waals surface area contributed by atoms with Gasteiger partial charge in [0.15, 0.2) is 0 Å². The summed E-state index contributed by atoms with van der Waals surface area (Å²) in [5, 5.41) is 3.35. The molecule has 0 unspecified atom stereocenters. The second kappa shape index (κ2) is 6.50. The highest BCUT2D eigenvalue weighted by Crippen LogP contribution is 2.22. The van der Waals surface area contributed by atoms with E-state index in [2.05, 4.69) is 49.3 Å². The van der Waals surface area contributed by atoms with Crippen LogP contribution in [0.4, 0.5) is 5.69 Å². The number of hydrogen-bond acceptors (Lipinski definition) is 2. The Morgan fingerprint density at radius 2 is 1.68 bits per heavy atom. The fraction of sp³-hybridized carbons (Fsp3) is 0.0714. The molecule has 5 heteroatoms. The van der Waals surface area contributed by atoms with E-state index in [4.69, 9.17) is 18.0 Å². The third kappa shape index (κ3) is 4.03. The molecule has 2 rings (SSSR count). The number of nitrogens with two attached hydrogens (primary N) is 1. The van der Waals surface area contributed by atoms with Crippen LogP contribution in [-0.4, -0.2) is 4.99 Å². The monoisotopic (exact) mass is 398 g/mol. The van der Waals surface area contributed by atoms with E-state index in [9.17, 15) is 0 Å². The van der Waals surface area contributed by atoms with Gasteiger partial charge < -0.3 is 11.1 Å². The second-order valence-corrected chi connectivity index (χ2v) is 6.31. The highest BCUT2D eigenvalue weighted by atomic mass is 79.9. The Labute approximate surface area is 134 Å². The predicted molar refractivity (Wildman–Crippen MR) is 91.5 cm³/mol. The maximum atomic E-state index is 5.74.